The van der Waals surface area contributed by atoms with Crippen LogP contribution in [0.4, 0.5) is 5.82 Å². The van der Waals surface area contributed by atoms with Crippen molar-refractivity contribution in [3.05, 3.63) is 23.9 Å². The van der Waals surface area contributed by atoms with Gasteiger partial charge in [0.1, 0.15) is 5.82 Å². The summed E-state index contributed by atoms with van der Waals surface area (Å²) in [6.45, 7) is 1.99. The highest BCUT2D eigenvalue weighted by atomic mass is 32.1. The molecule has 0 aliphatic carbocycles. The molecular weight excluding hydrogens is 250 g/mol. The van der Waals surface area contributed by atoms with Gasteiger partial charge < -0.3 is 15.4 Å². The Labute approximate surface area is 112 Å². The number of aromatic nitrogens is 1. The molecule has 0 spiro atoms. The second-order valence-corrected chi connectivity index (χ2v) is 4.55. The van der Waals surface area contributed by atoms with Crippen molar-refractivity contribution in [2.75, 3.05) is 19.1 Å². The van der Waals surface area contributed by atoms with E-state index < -0.39 is 0 Å². The predicted octanol–water partition coefficient (Wildman–Crippen LogP) is 1.37. The fourth-order valence-corrected chi connectivity index (χ4v) is 1.75. The van der Waals surface area contributed by atoms with E-state index in [4.69, 9.17) is 18.0 Å². The Morgan fingerprint density at radius 2 is 2.33 bits per heavy atom. The second-order valence-electron chi connectivity index (χ2n) is 4.02. The Hall–Kier alpha value is -1.69. The van der Waals surface area contributed by atoms with E-state index in [1.807, 2.05) is 18.9 Å². The molecule has 1 unspecified atom stereocenters. The summed E-state index contributed by atoms with van der Waals surface area (Å²) in [5.41, 5.74) is 5.99. The topological polar surface area (TPSA) is 68.5 Å². The number of methoxy groups -OCH3 is 1. The molecule has 1 atom stereocenters. The van der Waals surface area contributed by atoms with Crippen molar-refractivity contribution < 1.29 is 9.53 Å². The predicted molar refractivity (Wildman–Crippen MR) is 74.8 cm³/mol. The Balaban J connectivity index is 2.89. The number of ether oxygens (including phenoxy) is 1. The molecule has 0 amide bonds. The van der Waals surface area contributed by atoms with E-state index in [0.717, 1.165) is 0 Å². The number of esters is 1. The average molecular weight is 267 g/mol. The van der Waals surface area contributed by atoms with Gasteiger partial charge in [-0.15, -0.1) is 0 Å². The number of anilines is 1. The number of carbonyl (C=O) groups excluding carboxylic acids is 1. The molecule has 0 saturated carbocycles. The van der Waals surface area contributed by atoms with Crippen LogP contribution in [0.15, 0.2) is 18.3 Å². The molecule has 0 saturated heterocycles. The third-order valence-electron chi connectivity index (χ3n) is 2.69. The van der Waals surface area contributed by atoms with Crippen molar-refractivity contribution in [2.24, 2.45) is 5.73 Å². The maximum atomic E-state index is 11.4. The second kappa shape index (κ2) is 6.30. The van der Waals surface area contributed by atoms with E-state index in [-0.39, 0.29) is 12.0 Å². The van der Waals surface area contributed by atoms with E-state index >= 15 is 0 Å². The molecule has 0 radical (unpaired) electrons. The van der Waals surface area contributed by atoms with Gasteiger partial charge in [-0.3, -0.25) is 0 Å². The zero-order chi connectivity index (χ0) is 13.7. The van der Waals surface area contributed by atoms with E-state index in [2.05, 4.69) is 9.72 Å². The average Bonchev–Trinajstić information content (AvgIpc) is 2.36. The van der Waals surface area contributed by atoms with Crippen LogP contribution < -0.4 is 10.6 Å². The van der Waals surface area contributed by atoms with Crippen molar-refractivity contribution in [1.29, 1.82) is 0 Å². The van der Waals surface area contributed by atoms with Crippen molar-refractivity contribution >= 4 is 29.0 Å². The molecule has 1 aromatic heterocycles. The van der Waals surface area contributed by atoms with E-state index in [1.54, 1.807) is 18.3 Å². The van der Waals surface area contributed by atoms with Crippen LogP contribution in [0.5, 0.6) is 0 Å². The molecule has 6 heteroatoms. The molecule has 5 nitrogen and oxygen atoms in total. The SMILES string of the molecule is COC(=O)c1ccnc(N(C)C(C)CC(N)=S)c1. The van der Waals surface area contributed by atoms with E-state index in [9.17, 15) is 4.79 Å². The van der Waals surface area contributed by atoms with Gasteiger partial charge >= 0.3 is 5.97 Å². The molecule has 0 fully saturated rings. The molecular formula is C12H17N3O2S. The Morgan fingerprint density at radius 3 is 2.89 bits per heavy atom. The zero-order valence-electron chi connectivity index (χ0n) is 10.7. The van der Waals surface area contributed by atoms with Gasteiger partial charge in [0.05, 0.1) is 17.7 Å². The van der Waals surface area contributed by atoms with Crippen molar-refractivity contribution in [3.63, 3.8) is 0 Å². The van der Waals surface area contributed by atoms with Gasteiger partial charge in [0, 0.05) is 25.7 Å². The zero-order valence-corrected chi connectivity index (χ0v) is 11.5. The van der Waals surface area contributed by atoms with Crippen LogP contribution in [0, 0.1) is 0 Å². The Kier molecular flexibility index (Phi) is 5.03. The lowest BCUT2D eigenvalue weighted by Crippen LogP contribution is -2.33. The van der Waals surface area contributed by atoms with Gasteiger partial charge in [-0.2, -0.15) is 0 Å². The van der Waals surface area contributed by atoms with Crippen LogP contribution in [0.25, 0.3) is 0 Å². The molecule has 0 aromatic carbocycles. The first-order valence-electron chi connectivity index (χ1n) is 5.51. The summed E-state index contributed by atoms with van der Waals surface area (Å²) in [5, 5.41) is 0. The molecule has 0 aliphatic heterocycles. The molecule has 1 heterocycles. The minimum absolute atomic E-state index is 0.114. The van der Waals surface area contributed by atoms with Crippen LogP contribution in [-0.4, -0.2) is 36.1 Å². The van der Waals surface area contributed by atoms with Gasteiger partial charge in [-0.05, 0) is 19.1 Å². The monoisotopic (exact) mass is 267 g/mol. The maximum Gasteiger partial charge on any atom is 0.338 e. The molecule has 98 valence electrons. The summed E-state index contributed by atoms with van der Waals surface area (Å²) in [6.07, 6.45) is 2.17. The minimum Gasteiger partial charge on any atom is -0.465 e. The summed E-state index contributed by atoms with van der Waals surface area (Å²) in [4.78, 5) is 18.0. The first-order valence-corrected chi connectivity index (χ1v) is 5.92. The fraction of sp³-hybridized carbons (Fsp3) is 0.417. The standard InChI is InChI=1S/C12H17N3O2S/c1-8(6-10(13)18)15(2)11-7-9(4-5-14-11)12(16)17-3/h4-5,7-8H,6H2,1-3H3,(H2,13,18). The highest BCUT2D eigenvalue weighted by molar-refractivity contribution is 7.80. The smallest absolute Gasteiger partial charge is 0.338 e. The quantitative estimate of drug-likeness (QED) is 0.642. The number of hydrogen-bond donors (Lipinski definition) is 1. The Bertz CT molecular complexity index is 451. The lowest BCUT2D eigenvalue weighted by Gasteiger charge is -2.25. The number of pyridine rings is 1. The normalized spacial score (nSPS) is 11.7. The van der Waals surface area contributed by atoms with Gasteiger partial charge in [-0.1, -0.05) is 12.2 Å². The molecule has 1 aromatic rings. The lowest BCUT2D eigenvalue weighted by molar-refractivity contribution is 0.0600. The van der Waals surface area contributed by atoms with E-state index in [1.165, 1.54) is 7.11 Å². The molecule has 0 bridgehead atoms. The van der Waals surface area contributed by atoms with Gasteiger partial charge in [-0.25, -0.2) is 9.78 Å². The van der Waals surface area contributed by atoms with Gasteiger partial charge in [0.15, 0.2) is 0 Å². The summed E-state index contributed by atoms with van der Waals surface area (Å²) < 4.78 is 4.67. The first-order chi connectivity index (χ1) is 8.45. The largest absolute Gasteiger partial charge is 0.465 e. The number of rotatable bonds is 5. The molecule has 0 aliphatic rings. The lowest BCUT2D eigenvalue weighted by atomic mass is 10.2. The Morgan fingerprint density at radius 1 is 1.67 bits per heavy atom. The summed E-state index contributed by atoms with van der Waals surface area (Å²) >= 11 is 4.88. The van der Waals surface area contributed by atoms with E-state index in [0.29, 0.717) is 22.8 Å². The first kappa shape index (κ1) is 14.4. The third kappa shape index (κ3) is 3.66. The summed E-state index contributed by atoms with van der Waals surface area (Å²) in [7, 11) is 3.23. The van der Waals surface area contributed by atoms with Crippen molar-refractivity contribution in [2.45, 2.75) is 19.4 Å². The van der Waals surface area contributed by atoms with Crippen LogP contribution >= 0.6 is 12.2 Å². The molecule has 1 rings (SSSR count). The number of hydrogen-bond acceptors (Lipinski definition) is 5. The van der Waals surface area contributed by atoms with Crippen LogP contribution in [0.1, 0.15) is 23.7 Å². The van der Waals surface area contributed by atoms with Gasteiger partial charge in [0.2, 0.25) is 0 Å². The number of nitrogens with two attached hydrogens (primary N) is 1. The number of carbonyl (C=O) groups is 1. The van der Waals surface area contributed by atoms with Gasteiger partial charge in [0.25, 0.3) is 0 Å². The van der Waals surface area contributed by atoms with Crippen molar-refractivity contribution in [3.8, 4) is 0 Å². The summed E-state index contributed by atoms with van der Waals surface area (Å²) in [6, 6.07) is 3.41. The number of thiocarbonyl (C=S) groups is 1. The van der Waals surface area contributed by atoms with Crippen LogP contribution in [0.3, 0.4) is 0 Å². The van der Waals surface area contributed by atoms with Crippen LogP contribution in [0.2, 0.25) is 0 Å². The fourth-order valence-electron chi connectivity index (χ4n) is 1.51. The molecule has 2 N–H and O–H groups in total. The highest BCUT2D eigenvalue weighted by Gasteiger charge is 2.14. The molecule has 18 heavy (non-hydrogen) atoms. The third-order valence-corrected chi connectivity index (χ3v) is 2.85. The number of nitrogens with zero attached hydrogens (tertiary/aromatic N) is 2. The van der Waals surface area contributed by atoms with Crippen molar-refractivity contribution in [1.82, 2.24) is 4.98 Å². The minimum atomic E-state index is -0.381. The summed E-state index contributed by atoms with van der Waals surface area (Å²) in [5.74, 6) is 0.302. The highest BCUT2D eigenvalue weighted by Crippen LogP contribution is 2.15. The maximum absolute atomic E-state index is 11.4. The van der Waals surface area contributed by atoms with Crippen LogP contribution in [-0.2, 0) is 4.74 Å².